The van der Waals surface area contributed by atoms with Crippen LogP contribution < -0.4 is 15.1 Å². The van der Waals surface area contributed by atoms with E-state index in [0.29, 0.717) is 6.54 Å². The van der Waals surface area contributed by atoms with E-state index in [4.69, 9.17) is 0 Å². The van der Waals surface area contributed by atoms with Crippen LogP contribution in [0.15, 0.2) is 52.3 Å². The average Bonchev–Trinajstić information content (AvgIpc) is 2.67. The van der Waals surface area contributed by atoms with Gasteiger partial charge >= 0.3 is 0 Å². The SMILES string of the molecule is CCC[NH+]1CC[NH+](CC(=O)Nc2ccc(Sc3ccc(C)cc3C)cc2)CC1. The number of hydrogen-bond acceptors (Lipinski definition) is 2. The van der Waals surface area contributed by atoms with Crippen molar-refractivity contribution in [1.82, 2.24) is 0 Å². The van der Waals surface area contributed by atoms with Gasteiger partial charge < -0.3 is 15.1 Å². The normalized spacial score (nSPS) is 19.4. The molecule has 1 amide bonds. The second-order valence-electron chi connectivity index (χ2n) is 7.87. The average molecular weight is 400 g/mol. The molecular weight excluding hydrogens is 366 g/mol. The van der Waals surface area contributed by atoms with E-state index in [1.165, 1.54) is 51.9 Å². The van der Waals surface area contributed by atoms with Crippen molar-refractivity contribution in [3.05, 3.63) is 53.6 Å². The van der Waals surface area contributed by atoms with Gasteiger partial charge in [-0.05, 0) is 56.2 Å². The van der Waals surface area contributed by atoms with Crippen LogP contribution in [0.5, 0.6) is 0 Å². The first kappa shape index (κ1) is 20.9. The first-order valence-corrected chi connectivity index (χ1v) is 11.2. The van der Waals surface area contributed by atoms with Crippen LogP contribution in [0.3, 0.4) is 0 Å². The van der Waals surface area contributed by atoms with E-state index in [0.717, 1.165) is 18.8 Å². The van der Waals surface area contributed by atoms with Crippen LogP contribution in [-0.4, -0.2) is 45.2 Å². The molecule has 2 aromatic carbocycles. The maximum absolute atomic E-state index is 12.4. The predicted octanol–water partition coefficient (Wildman–Crippen LogP) is 1.59. The summed E-state index contributed by atoms with van der Waals surface area (Å²) in [6.07, 6.45) is 1.24. The van der Waals surface area contributed by atoms with Crippen molar-refractivity contribution in [2.45, 2.75) is 37.0 Å². The molecule has 3 N–H and O–H groups in total. The van der Waals surface area contributed by atoms with Gasteiger partial charge in [-0.2, -0.15) is 0 Å². The number of aryl methyl sites for hydroxylation is 2. The fourth-order valence-electron chi connectivity index (χ4n) is 3.82. The number of quaternary nitrogens is 2. The lowest BCUT2D eigenvalue weighted by atomic mass is 10.2. The van der Waals surface area contributed by atoms with Gasteiger partial charge in [0.2, 0.25) is 0 Å². The zero-order valence-electron chi connectivity index (χ0n) is 17.3. The van der Waals surface area contributed by atoms with E-state index in [1.807, 2.05) is 12.1 Å². The highest BCUT2D eigenvalue weighted by Crippen LogP contribution is 2.31. The fraction of sp³-hybridized carbons (Fsp3) is 0.435. The third-order valence-electron chi connectivity index (χ3n) is 5.37. The molecule has 2 aromatic rings. The molecule has 0 atom stereocenters. The molecule has 0 aromatic heterocycles. The lowest BCUT2D eigenvalue weighted by Gasteiger charge is -2.29. The third kappa shape index (κ3) is 6.09. The number of benzene rings is 2. The van der Waals surface area contributed by atoms with Crippen LogP contribution in [0.25, 0.3) is 0 Å². The van der Waals surface area contributed by atoms with Gasteiger partial charge in [-0.3, -0.25) is 4.79 Å². The minimum Gasteiger partial charge on any atom is -0.326 e. The maximum atomic E-state index is 12.4. The molecule has 0 aliphatic carbocycles. The number of carbonyl (C=O) groups is 1. The van der Waals surface area contributed by atoms with Gasteiger partial charge in [0.25, 0.3) is 5.91 Å². The fourth-order valence-corrected chi connectivity index (χ4v) is 4.70. The molecule has 0 radical (unpaired) electrons. The van der Waals surface area contributed by atoms with E-state index in [1.54, 1.807) is 16.7 Å². The topological polar surface area (TPSA) is 38.0 Å². The third-order valence-corrected chi connectivity index (χ3v) is 6.56. The second-order valence-corrected chi connectivity index (χ2v) is 8.99. The molecule has 0 bridgehead atoms. The zero-order valence-corrected chi connectivity index (χ0v) is 18.1. The minimum absolute atomic E-state index is 0.115. The molecule has 1 heterocycles. The monoisotopic (exact) mass is 399 g/mol. The van der Waals surface area contributed by atoms with Crippen LogP contribution >= 0.6 is 11.8 Å². The Balaban J connectivity index is 1.48. The summed E-state index contributed by atoms with van der Waals surface area (Å²) >= 11 is 1.76. The molecule has 1 saturated heterocycles. The van der Waals surface area contributed by atoms with Crippen molar-refractivity contribution >= 4 is 23.4 Å². The van der Waals surface area contributed by atoms with E-state index in [2.05, 4.69) is 56.4 Å². The van der Waals surface area contributed by atoms with Crippen LogP contribution in [0.2, 0.25) is 0 Å². The van der Waals surface area contributed by atoms with Gasteiger partial charge in [-0.15, -0.1) is 0 Å². The Morgan fingerprint density at radius 1 is 1.00 bits per heavy atom. The largest absolute Gasteiger partial charge is 0.326 e. The van der Waals surface area contributed by atoms with Crippen LogP contribution in [0, 0.1) is 13.8 Å². The van der Waals surface area contributed by atoms with Gasteiger partial charge in [0.1, 0.15) is 26.2 Å². The number of rotatable bonds is 7. The lowest BCUT2D eigenvalue weighted by Crippen LogP contribution is -3.28. The number of carbonyl (C=O) groups excluding carboxylic acids is 1. The number of hydrogen-bond donors (Lipinski definition) is 3. The number of nitrogens with one attached hydrogen (secondary N) is 3. The summed E-state index contributed by atoms with van der Waals surface area (Å²) in [6.45, 7) is 12.9. The van der Waals surface area contributed by atoms with Crippen LogP contribution in [0.1, 0.15) is 24.5 Å². The highest BCUT2D eigenvalue weighted by atomic mass is 32.2. The summed E-state index contributed by atoms with van der Waals surface area (Å²) in [7, 11) is 0. The molecule has 1 aliphatic heterocycles. The number of anilines is 1. The first-order chi connectivity index (χ1) is 13.5. The van der Waals surface area contributed by atoms with Crippen molar-refractivity contribution in [2.24, 2.45) is 0 Å². The van der Waals surface area contributed by atoms with Crippen LogP contribution in [-0.2, 0) is 4.79 Å². The van der Waals surface area contributed by atoms with Gasteiger partial charge in [0, 0.05) is 15.5 Å². The highest BCUT2D eigenvalue weighted by Gasteiger charge is 2.24. The summed E-state index contributed by atoms with van der Waals surface area (Å²) in [4.78, 5) is 17.9. The molecule has 0 saturated carbocycles. The van der Waals surface area contributed by atoms with E-state index in [-0.39, 0.29) is 5.91 Å². The standard InChI is InChI=1S/C23H31N3OS/c1-4-11-25-12-14-26(15-13-25)17-23(27)24-20-6-8-21(9-7-20)28-22-10-5-18(2)16-19(22)3/h5-10,16H,4,11-15,17H2,1-3H3,(H,24,27)/p+2. The number of amides is 1. The quantitative estimate of drug-likeness (QED) is 0.662. The molecule has 0 spiro atoms. The Bertz CT molecular complexity index is 783. The molecule has 1 fully saturated rings. The summed E-state index contributed by atoms with van der Waals surface area (Å²) in [5.74, 6) is 0.115. The van der Waals surface area contributed by atoms with Crippen molar-refractivity contribution in [3.8, 4) is 0 Å². The summed E-state index contributed by atoms with van der Waals surface area (Å²) in [5, 5.41) is 3.06. The Kier molecular flexibility index (Phi) is 7.54. The molecule has 5 heteroatoms. The van der Waals surface area contributed by atoms with Gasteiger partial charge in [0.05, 0.1) is 6.54 Å². The van der Waals surface area contributed by atoms with Crippen molar-refractivity contribution in [3.63, 3.8) is 0 Å². The maximum Gasteiger partial charge on any atom is 0.279 e. The Hall–Kier alpha value is -1.82. The predicted molar refractivity (Wildman–Crippen MR) is 117 cm³/mol. The molecule has 1 aliphatic rings. The van der Waals surface area contributed by atoms with E-state index < -0.39 is 0 Å². The number of piperazine rings is 1. The molecule has 28 heavy (non-hydrogen) atoms. The second kappa shape index (κ2) is 10.1. The molecular formula is C23H33N3OS+2. The Labute approximate surface area is 173 Å². The molecule has 150 valence electrons. The van der Waals surface area contributed by atoms with Crippen molar-refractivity contribution in [1.29, 1.82) is 0 Å². The minimum atomic E-state index is 0.115. The molecule has 3 rings (SSSR count). The summed E-state index contributed by atoms with van der Waals surface area (Å²) < 4.78 is 0. The van der Waals surface area contributed by atoms with Crippen LogP contribution in [0.4, 0.5) is 5.69 Å². The molecule has 4 nitrogen and oxygen atoms in total. The van der Waals surface area contributed by atoms with E-state index >= 15 is 0 Å². The zero-order chi connectivity index (χ0) is 19.9. The van der Waals surface area contributed by atoms with Crippen molar-refractivity contribution in [2.75, 3.05) is 44.6 Å². The van der Waals surface area contributed by atoms with Crippen molar-refractivity contribution < 1.29 is 14.6 Å². The van der Waals surface area contributed by atoms with E-state index in [9.17, 15) is 4.79 Å². The summed E-state index contributed by atoms with van der Waals surface area (Å²) in [5.41, 5.74) is 3.46. The highest BCUT2D eigenvalue weighted by molar-refractivity contribution is 7.99. The van der Waals surface area contributed by atoms with Gasteiger partial charge in [-0.1, -0.05) is 36.4 Å². The Morgan fingerprint density at radius 2 is 1.68 bits per heavy atom. The first-order valence-electron chi connectivity index (χ1n) is 10.4. The van der Waals surface area contributed by atoms with Gasteiger partial charge in [-0.25, -0.2) is 0 Å². The Morgan fingerprint density at radius 3 is 2.32 bits per heavy atom. The smallest absolute Gasteiger partial charge is 0.279 e. The molecule has 0 unspecified atom stereocenters. The lowest BCUT2D eigenvalue weighted by molar-refractivity contribution is -1.01. The summed E-state index contributed by atoms with van der Waals surface area (Å²) in [6, 6.07) is 14.7. The van der Waals surface area contributed by atoms with Gasteiger partial charge in [0.15, 0.2) is 6.54 Å².